The molecular formula is C19H18ClFN4OS. The molecule has 0 atom stereocenters. The number of rotatable bonds is 6. The van der Waals surface area contributed by atoms with E-state index in [1.807, 2.05) is 36.6 Å². The van der Waals surface area contributed by atoms with Crippen LogP contribution in [0, 0.1) is 12.7 Å². The van der Waals surface area contributed by atoms with Crippen molar-refractivity contribution in [2.45, 2.75) is 25.5 Å². The number of amides is 1. The molecule has 0 fully saturated rings. The second kappa shape index (κ2) is 8.54. The predicted octanol–water partition coefficient (Wildman–Crippen LogP) is 4.80. The highest BCUT2D eigenvalue weighted by Gasteiger charge is 2.15. The number of nitrogens with zero attached hydrogens (tertiary/aromatic N) is 3. The Hall–Kier alpha value is -2.38. The third-order valence-corrected chi connectivity index (χ3v) is 5.10. The van der Waals surface area contributed by atoms with Crippen LogP contribution in [0.4, 0.5) is 10.1 Å². The van der Waals surface area contributed by atoms with Crippen LogP contribution in [0.3, 0.4) is 0 Å². The molecule has 8 heteroatoms. The molecular weight excluding hydrogens is 387 g/mol. The van der Waals surface area contributed by atoms with Gasteiger partial charge in [0.15, 0.2) is 11.0 Å². The fourth-order valence-electron chi connectivity index (χ4n) is 2.58. The van der Waals surface area contributed by atoms with Crippen molar-refractivity contribution in [3.8, 4) is 11.4 Å². The van der Waals surface area contributed by atoms with Crippen molar-refractivity contribution in [3.05, 3.63) is 58.9 Å². The second-order valence-electron chi connectivity index (χ2n) is 5.89. The highest BCUT2D eigenvalue weighted by atomic mass is 35.5. The van der Waals surface area contributed by atoms with Crippen LogP contribution in [0.5, 0.6) is 0 Å². The predicted molar refractivity (Wildman–Crippen MR) is 107 cm³/mol. The summed E-state index contributed by atoms with van der Waals surface area (Å²) >= 11 is 7.03. The molecule has 2 aromatic carbocycles. The van der Waals surface area contributed by atoms with Gasteiger partial charge >= 0.3 is 0 Å². The molecule has 0 aliphatic carbocycles. The summed E-state index contributed by atoms with van der Waals surface area (Å²) < 4.78 is 15.2. The second-order valence-corrected chi connectivity index (χ2v) is 7.24. The lowest BCUT2D eigenvalue weighted by Gasteiger charge is -2.08. The van der Waals surface area contributed by atoms with E-state index in [0.29, 0.717) is 17.4 Å². The topological polar surface area (TPSA) is 59.8 Å². The number of halogens is 2. The average Bonchev–Trinajstić information content (AvgIpc) is 3.06. The zero-order chi connectivity index (χ0) is 19.4. The summed E-state index contributed by atoms with van der Waals surface area (Å²) in [6.45, 7) is 4.72. The Morgan fingerprint density at radius 2 is 2.07 bits per heavy atom. The Morgan fingerprint density at radius 3 is 2.78 bits per heavy atom. The van der Waals surface area contributed by atoms with Gasteiger partial charge in [-0.3, -0.25) is 4.79 Å². The molecule has 5 nitrogen and oxygen atoms in total. The number of nitrogens with one attached hydrogen (secondary N) is 1. The van der Waals surface area contributed by atoms with Crippen LogP contribution < -0.4 is 5.32 Å². The maximum Gasteiger partial charge on any atom is 0.234 e. The molecule has 140 valence electrons. The van der Waals surface area contributed by atoms with Crippen molar-refractivity contribution in [2.24, 2.45) is 0 Å². The zero-order valence-electron chi connectivity index (χ0n) is 14.9. The van der Waals surface area contributed by atoms with Crippen LogP contribution in [0.15, 0.2) is 47.6 Å². The molecule has 0 aliphatic rings. The van der Waals surface area contributed by atoms with Gasteiger partial charge in [0, 0.05) is 17.8 Å². The maximum absolute atomic E-state index is 13.2. The summed E-state index contributed by atoms with van der Waals surface area (Å²) in [7, 11) is 0. The van der Waals surface area contributed by atoms with Crippen molar-refractivity contribution >= 4 is 35.0 Å². The van der Waals surface area contributed by atoms with Crippen molar-refractivity contribution in [3.63, 3.8) is 0 Å². The molecule has 0 spiro atoms. The normalized spacial score (nSPS) is 10.8. The van der Waals surface area contributed by atoms with Crippen molar-refractivity contribution < 1.29 is 9.18 Å². The summed E-state index contributed by atoms with van der Waals surface area (Å²) in [6.07, 6.45) is 0. The molecule has 0 saturated heterocycles. The number of aryl methyl sites for hydroxylation is 1. The largest absolute Gasteiger partial charge is 0.325 e. The summed E-state index contributed by atoms with van der Waals surface area (Å²) in [5.74, 6) is 0.171. The fraction of sp³-hybridized carbons (Fsp3) is 0.211. The molecule has 3 rings (SSSR count). The zero-order valence-corrected chi connectivity index (χ0v) is 16.4. The lowest BCUT2D eigenvalue weighted by molar-refractivity contribution is -0.113. The lowest BCUT2D eigenvalue weighted by Crippen LogP contribution is -2.14. The van der Waals surface area contributed by atoms with Crippen LogP contribution in [0.1, 0.15) is 12.5 Å². The van der Waals surface area contributed by atoms with Crippen LogP contribution in [-0.2, 0) is 11.3 Å². The minimum Gasteiger partial charge on any atom is -0.325 e. The van der Waals surface area contributed by atoms with Gasteiger partial charge in [0.1, 0.15) is 5.82 Å². The highest BCUT2D eigenvalue weighted by molar-refractivity contribution is 7.99. The number of thioether (sulfide) groups is 1. The van der Waals surface area contributed by atoms with Gasteiger partial charge in [0.2, 0.25) is 5.91 Å². The van der Waals surface area contributed by atoms with E-state index >= 15 is 0 Å². The molecule has 1 heterocycles. The molecule has 0 bridgehead atoms. The third kappa shape index (κ3) is 4.67. The molecule has 0 saturated carbocycles. The molecule has 0 aliphatic heterocycles. The van der Waals surface area contributed by atoms with E-state index in [0.717, 1.165) is 17.0 Å². The van der Waals surface area contributed by atoms with E-state index in [-0.39, 0.29) is 16.7 Å². The summed E-state index contributed by atoms with van der Waals surface area (Å²) in [5.41, 5.74) is 2.58. The smallest absolute Gasteiger partial charge is 0.234 e. The third-order valence-electron chi connectivity index (χ3n) is 3.85. The molecule has 1 N–H and O–H groups in total. The number of carbonyl (C=O) groups excluding carboxylic acids is 1. The Morgan fingerprint density at radius 1 is 1.26 bits per heavy atom. The van der Waals surface area contributed by atoms with Crippen LogP contribution in [0.2, 0.25) is 5.02 Å². The van der Waals surface area contributed by atoms with Gasteiger partial charge in [-0.05, 0) is 38.1 Å². The Kier molecular flexibility index (Phi) is 6.13. The van der Waals surface area contributed by atoms with Gasteiger partial charge < -0.3 is 9.88 Å². The summed E-state index contributed by atoms with van der Waals surface area (Å²) in [6, 6.07) is 12.1. The van der Waals surface area contributed by atoms with Crippen molar-refractivity contribution in [1.82, 2.24) is 14.8 Å². The van der Waals surface area contributed by atoms with E-state index in [9.17, 15) is 9.18 Å². The first-order chi connectivity index (χ1) is 13.0. The number of anilines is 1. The quantitative estimate of drug-likeness (QED) is 0.599. The fourth-order valence-corrected chi connectivity index (χ4v) is 3.56. The molecule has 27 heavy (non-hydrogen) atoms. The number of hydrogen-bond acceptors (Lipinski definition) is 4. The van der Waals surface area contributed by atoms with Crippen LogP contribution in [-0.4, -0.2) is 26.4 Å². The SMILES string of the molecule is CCn1c(SCC(=O)Nc2ccc(F)c(Cl)c2)nnc1-c1cccc(C)c1. The average molecular weight is 405 g/mol. The van der Waals surface area contributed by atoms with E-state index in [2.05, 4.69) is 21.6 Å². The van der Waals surface area contributed by atoms with Gasteiger partial charge in [-0.2, -0.15) is 0 Å². The molecule has 1 aromatic heterocycles. The maximum atomic E-state index is 13.2. The van der Waals surface area contributed by atoms with E-state index in [4.69, 9.17) is 11.6 Å². The summed E-state index contributed by atoms with van der Waals surface area (Å²) in [4.78, 5) is 12.2. The van der Waals surface area contributed by atoms with Gasteiger partial charge in [-0.1, -0.05) is 47.1 Å². The van der Waals surface area contributed by atoms with Crippen molar-refractivity contribution in [1.29, 1.82) is 0 Å². The lowest BCUT2D eigenvalue weighted by atomic mass is 10.1. The standard InChI is InChI=1S/C19H18ClFN4OS/c1-3-25-18(13-6-4-5-12(2)9-13)23-24-19(25)27-11-17(26)22-14-7-8-16(21)15(20)10-14/h4-10H,3,11H2,1-2H3,(H,22,26). The minimum absolute atomic E-state index is 0.0334. The molecule has 1 amide bonds. The van der Waals surface area contributed by atoms with E-state index in [1.54, 1.807) is 0 Å². The molecule has 0 unspecified atom stereocenters. The van der Waals surface area contributed by atoms with Gasteiger partial charge in [-0.15, -0.1) is 10.2 Å². The first kappa shape index (κ1) is 19.4. The van der Waals surface area contributed by atoms with Crippen LogP contribution in [0.25, 0.3) is 11.4 Å². The summed E-state index contributed by atoms with van der Waals surface area (Å²) in [5, 5.41) is 11.8. The van der Waals surface area contributed by atoms with Crippen LogP contribution >= 0.6 is 23.4 Å². The van der Waals surface area contributed by atoms with Gasteiger partial charge in [0.05, 0.1) is 10.8 Å². The first-order valence-electron chi connectivity index (χ1n) is 8.36. The van der Waals surface area contributed by atoms with Gasteiger partial charge in [-0.25, -0.2) is 4.39 Å². The van der Waals surface area contributed by atoms with E-state index < -0.39 is 5.82 Å². The Bertz CT molecular complexity index is 976. The number of carbonyl (C=O) groups is 1. The minimum atomic E-state index is -0.524. The molecule has 0 radical (unpaired) electrons. The highest BCUT2D eigenvalue weighted by Crippen LogP contribution is 2.25. The molecule has 3 aromatic rings. The Balaban J connectivity index is 1.69. The first-order valence-corrected chi connectivity index (χ1v) is 9.72. The van der Waals surface area contributed by atoms with Gasteiger partial charge in [0.25, 0.3) is 0 Å². The number of hydrogen-bond donors (Lipinski definition) is 1. The van der Waals surface area contributed by atoms with Crippen molar-refractivity contribution in [2.75, 3.05) is 11.1 Å². The number of benzene rings is 2. The van der Waals surface area contributed by atoms with E-state index in [1.165, 1.54) is 30.0 Å². The monoisotopic (exact) mass is 404 g/mol. The Labute approximate surface area is 166 Å². The number of aromatic nitrogens is 3.